The average molecular weight is 280 g/mol. The highest BCUT2D eigenvalue weighted by atomic mass is 16.5. The third-order valence-corrected chi connectivity index (χ3v) is 3.16. The van der Waals surface area contributed by atoms with Crippen LogP contribution in [0.4, 0.5) is 0 Å². The second kappa shape index (κ2) is 7.75. The Morgan fingerprint density at radius 2 is 1.95 bits per heavy atom. The molecule has 5 nitrogen and oxygen atoms in total. The van der Waals surface area contributed by atoms with Crippen LogP contribution in [0.15, 0.2) is 18.2 Å². The minimum absolute atomic E-state index is 0.0402. The zero-order valence-corrected chi connectivity index (χ0v) is 12.7. The molecule has 1 unspecified atom stereocenters. The van der Waals surface area contributed by atoms with Crippen LogP contribution in [0.3, 0.4) is 0 Å². The Kier molecular flexibility index (Phi) is 6.31. The lowest BCUT2D eigenvalue weighted by atomic mass is 10.1. The second-order valence-corrected chi connectivity index (χ2v) is 4.78. The van der Waals surface area contributed by atoms with E-state index >= 15 is 0 Å². The van der Waals surface area contributed by atoms with Gasteiger partial charge in [0.1, 0.15) is 0 Å². The van der Waals surface area contributed by atoms with Gasteiger partial charge >= 0.3 is 0 Å². The zero-order chi connectivity index (χ0) is 15.1. The Bertz CT molecular complexity index is 449. The summed E-state index contributed by atoms with van der Waals surface area (Å²) in [4.78, 5) is 13.7. The van der Waals surface area contributed by atoms with Gasteiger partial charge in [-0.3, -0.25) is 4.79 Å². The summed E-state index contributed by atoms with van der Waals surface area (Å²) in [6.07, 6.45) is 1.60. The molecule has 5 heteroatoms. The maximum atomic E-state index is 12.1. The number of methoxy groups -OCH3 is 2. The molecule has 1 amide bonds. The minimum atomic E-state index is -0.426. The van der Waals surface area contributed by atoms with E-state index in [0.717, 1.165) is 12.0 Å². The van der Waals surface area contributed by atoms with Crippen molar-refractivity contribution in [3.63, 3.8) is 0 Å². The topological polar surface area (TPSA) is 64.8 Å². The Morgan fingerprint density at radius 1 is 1.30 bits per heavy atom. The molecule has 0 spiro atoms. The molecular formula is C15H24N2O3. The van der Waals surface area contributed by atoms with Gasteiger partial charge in [-0.25, -0.2) is 0 Å². The van der Waals surface area contributed by atoms with Gasteiger partial charge in [0.2, 0.25) is 5.91 Å². The SMILES string of the molecule is CCCC(N)C(=O)N(C)Cc1ccc(OC)c(OC)c1. The third-order valence-electron chi connectivity index (χ3n) is 3.16. The van der Waals surface area contributed by atoms with Crippen molar-refractivity contribution >= 4 is 5.91 Å². The first kappa shape index (κ1) is 16.3. The van der Waals surface area contributed by atoms with E-state index in [1.807, 2.05) is 25.1 Å². The van der Waals surface area contributed by atoms with Gasteiger partial charge in [0.05, 0.1) is 20.3 Å². The molecule has 0 aliphatic carbocycles. The molecule has 0 heterocycles. The van der Waals surface area contributed by atoms with Crippen LogP contribution in [0, 0.1) is 0 Å². The van der Waals surface area contributed by atoms with Gasteiger partial charge in [-0.15, -0.1) is 0 Å². The molecule has 0 fully saturated rings. The first-order chi connectivity index (χ1) is 9.53. The van der Waals surface area contributed by atoms with Crippen molar-refractivity contribution in [3.8, 4) is 11.5 Å². The standard InChI is InChI=1S/C15H24N2O3/c1-5-6-12(16)15(18)17(2)10-11-7-8-13(19-3)14(9-11)20-4/h7-9,12H,5-6,10,16H2,1-4H3. The van der Waals surface area contributed by atoms with Crippen LogP contribution in [0.2, 0.25) is 0 Å². The second-order valence-electron chi connectivity index (χ2n) is 4.78. The summed E-state index contributed by atoms with van der Waals surface area (Å²) in [6.45, 7) is 2.51. The first-order valence-electron chi connectivity index (χ1n) is 6.74. The Hall–Kier alpha value is -1.75. The molecule has 2 N–H and O–H groups in total. The predicted octanol–water partition coefficient (Wildman–Crippen LogP) is 1.79. The normalized spacial score (nSPS) is 11.8. The van der Waals surface area contributed by atoms with Crippen molar-refractivity contribution in [2.75, 3.05) is 21.3 Å². The number of hydrogen-bond acceptors (Lipinski definition) is 4. The number of likely N-dealkylation sites (N-methyl/N-ethyl adjacent to an activating group) is 1. The molecule has 0 bridgehead atoms. The fraction of sp³-hybridized carbons (Fsp3) is 0.533. The van der Waals surface area contributed by atoms with Crippen LogP contribution in [-0.2, 0) is 11.3 Å². The summed E-state index contributed by atoms with van der Waals surface area (Å²) in [5, 5.41) is 0. The van der Waals surface area contributed by atoms with E-state index in [1.165, 1.54) is 0 Å². The number of hydrogen-bond donors (Lipinski definition) is 1. The van der Waals surface area contributed by atoms with E-state index in [1.54, 1.807) is 26.2 Å². The highest BCUT2D eigenvalue weighted by Gasteiger charge is 2.17. The van der Waals surface area contributed by atoms with Gasteiger partial charge in [-0.2, -0.15) is 0 Å². The maximum Gasteiger partial charge on any atom is 0.239 e. The molecule has 0 saturated carbocycles. The van der Waals surface area contributed by atoms with Crippen molar-refractivity contribution in [2.24, 2.45) is 5.73 Å². The van der Waals surface area contributed by atoms with Crippen LogP contribution in [0.25, 0.3) is 0 Å². The lowest BCUT2D eigenvalue weighted by Crippen LogP contribution is -2.41. The number of amides is 1. The summed E-state index contributed by atoms with van der Waals surface area (Å²) >= 11 is 0. The molecule has 20 heavy (non-hydrogen) atoms. The number of rotatable bonds is 7. The third kappa shape index (κ3) is 4.13. The lowest BCUT2D eigenvalue weighted by molar-refractivity contribution is -0.132. The van der Waals surface area contributed by atoms with Gasteiger partial charge in [-0.05, 0) is 24.1 Å². The van der Waals surface area contributed by atoms with Crippen LogP contribution in [0.5, 0.6) is 11.5 Å². The van der Waals surface area contributed by atoms with Crippen LogP contribution >= 0.6 is 0 Å². The van der Waals surface area contributed by atoms with Gasteiger partial charge in [0.25, 0.3) is 0 Å². The van der Waals surface area contributed by atoms with Gasteiger partial charge in [-0.1, -0.05) is 19.4 Å². The number of nitrogens with zero attached hydrogens (tertiary/aromatic N) is 1. The fourth-order valence-electron chi connectivity index (χ4n) is 2.05. The summed E-state index contributed by atoms with van der Waals surface area (Å²) in [5.41, 5.74) is 6.82. The van der Waals surface area contributed by atoms with Gasteiger partial charge in [0.15, 0.2) is 11.5 Å². The molecule has 1 rings (SSSR count). The van der Waals surface area contributed by atoms with E-state index in [-0.39, 0.29) is 5.91 Å². The zero-order valence-electron chi connectivity index (χ0n) is 12.7. The lowest BCUT2D eigenvalue weighted by Gasteiger charge is -2.21. The largest absolute Gasteiger partial charge is 0.493 e. The molecule has 112 valence electrons. The van der Waals surface area contributed by atoms with E-state index in [2.05, 4.69) is 0 Å². The minimum Gasteiger partial charge on any atom is -0.493 e. The molecule has 1 atom stereocenters. The van der Waals surface area contributed by atoms with Crippen LogP contribution < -0.4 is 15.2 Å². The average Bonchev–Trinajstić information content (AvgIpc) is 2.46. The summed E-state index contributed by atoms with van der Waals surface area (Å²) in [5.74, 6) is 1.29. The summed E-state index contributed by atoms with van der Waals surface area (Å²) < 4.78 is 10.4. The van der Waals surface area contributed by atoms with Crippen molar-refractivity contribution < 1.29 is 14.3 Å². The highest BCUT2D eigenvalue weighted by molar-refractivity contribution is 5.81. The van der Waals surface area contributed by atoms with Crippen molar-refractivity contribution in [2.45, 2.75) is 32.4 Å². The molecule has 0 radical (unpaired) electrons. The molecule has 0 saturated heterocycles. The molecule has 0 aliphatic heterocycles. The smallest absolute Gasteiger partial charge is 0.239 e. The Balaban J connectivity index is 2.75. The quantitative estimate of drug-likeness (QED) is 0.827. The summed E-state index contributed by atoms with van der Waals surface area (Å²) in [6, 6.07) is 5.19. The first-order valence-corrected chi connectivity index (χ1v) is 6.74. The fourth-order valence-corrected chi connectivity index (χ4v) is 2.05. The van der Waals surface area contributed by atoms with E-state index in [4.69, 9.17) is 15.2 Å². The van der Waals surface area contributed by atoms with Crippen LogP contribution in [0.1, 0.15) is 25.3 Å². The van der Waals surface area contributed by atoms with Gasteiger partial charge in [0, 0.05) is 13.6 Å². The maximum absolute atomic E-state index is 12.1. The molecule has 0 aliphatic rings. The molecular weight excluding hydrogens is 256 g/mol. The number of nitrogens with two attached hydrogens (primary N) is 1. The number of carbonyl (C=O) groups excluding carboxylic acids is 1. The summed E-state index contributed by atoms with van der Waals surface area (Å²) in [7, 11) is 4.94. The predicted molar refractivity (Wildman–Crippen MR) is 78.9 cm³/mol. The molecule has 0 aromatic heterocycles. The van der Waals surface area contributed by atoms with Crippen molar-refractivity contribution in [1.82, 2.24) is 4.90 Å². The number of ether oxygens (including phenoxy) is 2. The van der Waals surface area contributed by atoms with E-state index < -0.39 is 6.04 Å². The number of benzene rings is 1. The Morgan fingerprint density at radius 3 is 2.50 bits per heavy atom. The van der Waals surface area contributed by atoms with Crippen molar-refractivity contribution in [3.05, 3.63) is 23.8 Å². The molecule has 1 aromatic rings. The van der Waals surface area contributed by atoms with Crippen LogP contribution in [-0.4, -0.2) is 38.1 Å². The highest BCUT2D eigenvalue weighted by Crippen LogP contribution is 2.27. The Labute approximate surface area is 120 Å². The van der Waals surface area contributed by atoms with E-state index in [9.17, 15) is 4.79 Å². The molecule has 1 aromatic carbocycles. The van der Waals surface area contributed by atoms with Crippen molar-refractivity contribution in [1.29, 1.82) is 0 Å². The monoisotopic (exact) mass is 280 g/mol. The van der Waals surface area contributed by atoms with E-state index in [0.29, 0.717) is 24.5 Å². The number of carbonyl (C=O) groups is 1. The van der Waals surface area contributed by atoms with Gasteiger partial charge < -0.3 is 20.1 Å².